The molecule has 0 N–H and O–H groups in total. The second-order valence-electron chi connectivity index (χ2n) is 8.91. The van der Waals surface area contributed by atoms with Crippen LogP contribution in [0.2, 0.25) is 0 Å². The Kier molecular flexibility index (Phi) is 14.2. The Bertz CT molecular complexity index is 928. The van der Waals surface area contributed by atoms with Crippen molar-refractivity contribution >= 4 is 23.5 Å². The average molecular weight is 527 g/mol. The van der Waals surface area contributed by atoms with Gasteiger partial charge in [0, 0.05) is 25.0 Å². The molecule has 206 valence electrons. The maximum Gasteiger partial charge on any atom is 0.302 e. The number of ketones is 2. The smallest absolute Gasteiger partial charge is 0.302 e. The highest BCUT2D eigenvalue weighted by atomic mass is 16.5. The van der Waals surface area contributed by atoms with Crippen LogP contribution in [0.5, 0.6) is 11.5 Å². The zero-order valence-electron chi connectivity index (χ0n) is 22.4. The number of hydrogen-bond acceptors (Lipinski definition) is 8. The van der Waals surface area contributed by atoms with Crippen LogP contribution in [0, 0.1) is 0 Å². The lowest BCUT2D eigenvalue weighted by atomic mass is 10.0. The molecule has 0 aliphatic carbocycles. The number of rotatable bonds is 19. The van der Waals surface area contributed by atoms with E-state index >= 15 is 0 Å². The standard InChI is InChI=1S/C30H38O8/c1-23(31)35-19-7-3-5-9-21-37-27-15-11-25(12-16-27)29(33)30(34)26-13-17-28(18-14-26)38-22-10-6-4-8-20-36-24(2)32/h11-18H,3-10,19-22H2,1-2H3. The molecule has 8 nitrogen and oxygen atoms in total. The third kappa shape index (κ3) is 12.5. The minimum atomic E-state index is -0.577. The van der Waals surface area contributed by atoms with Gasteiger partial charge in [-0.15, -0.1) is 0 Å². The first-order valence-corrected chi connectivity index (χ1v) is 13.2. The predicted molar refractivity (Wildman–Crippen MR) is 143 cm³/mol. The van der Waals surface area contributed by atoms with Gasteiger partial charge in [0.15, 0.2) is 0 Å². The monoisotopic (exact) mass is 526 g/mol. The Labute approximate surface area is 224 Å². The lowest BCUT2D eigenvalue weighted by Gasteiger charge is -2.08. The van der Waals surface area contributed by atoms with E-state index in [1.807, 2.05) is 0 Å². The third-order valence-electron chi connectivity index (χ3n) is 5.66. The van der Waals surface area contributed by atoms with Gasteiger partial charge in [0.25, 0.3) is 0 Å². The molecule has 2 rings (SSSR count). The Balaban J connectivity index is 1.66. The summed E-state index contributed by atoms with van der Waals surface area (Å²) < 4.78 is 21.2. The zero-order valence-corrected chi connectivity index (χ0v) is 22.4. The van der Waals surface area contributed by atoms with Gasteiger partial charge in [0.05, 0.1) is 26.4 Å². The Morgan fingerprint density at radius 2 is 0.789 bits per heavy atom. The number of esters is 2. The highest BCUT2D eigenvalue weighted by Gasteiger charge is 2.18. The van der Waals surface area contributed by atoms with Gasteiger partial charge in [-0.05, 0) is 99.9 Å². The molecule has 0 bridgehead atoms. The number of unbranched alkanes of at least 4 members (excludes halogenated alkanes) is 6. The third-order valence-corrected chi connectivity index (χ3v) is 5.66. The van der Waals surface area contributed by atoms with Crippen LogP contribution >= 0.6 is 0 Å². The van der Waals surface area contributed by atoms with E-state index in [9.17, 15) is 19.2 Å². The van der Waals surface area contributed by atoms with Crippen LogP contribution in [0.4, 0.5) is 0 Å². The summed E-state index contributed by atoms with van der Waals surface area (Å²) in [5, 5.41) is 0. The van der Waals surface area contributed by atoms with Crippen LogP contribution in [-0.4, -0.2) is 49.9 Å². The molecule has 0 unspecified atom stereocenters. The number of Topliss-reactive ketones (excluding diaryl/α,β-unsaturated/α-hetero) is 2. The Morgan fingerprint density at radius 1 is 0.474 bits per heavy atom. The van der Waals surface area contributed by atoms with Crippen molar-refractivity contribution in [1.82, 2.24) is 0 Å². The van der Waals surface area contributed by atoms with E-state index in [0.717, 1.165) is 51.4 Å². The van der Waals surface area contributed by atoms with Crippen molar-refractivity contribution in [2.45, 2.75) is 65.2 Å². The molecule has 0 aliphatic heterocycles. The molecule has 0 atom stereocenters. The minimum absolute atomic E-state index is 0.256. The fourth-order valence-corrected chi connectivity index (χ4v) is 3.59. The fraction of sp³-hybridized carbons (Fsp3) is 0.467. The van der Waals surface area contributed by atoms with Gasteiger partial charge in [-0.3, -0.25) is 19.2 Å². The molecular formula is C30H38O8. The van der Waals surface area contributed by atoms with Crippen molar-refractivity contribution in [2.75, 3.05) is 26.4 Å². The summed E-state index contributed by atoms with van der Waals surface area (Å²) in [5.74, 6) is -0.388. The molecule has 0 radical (unpaired) electrons. The summed E-state index contributed by atoms with van der Waals surface area (Å²) in [6.45, 7) is 4.79. The van der Waals surface area contributed by atoms with Crippen LogP contribution < -0.4 is 9.47 Å². The highest BCUT2D eigenvalue weighted by Crippen LogP contribution is 2.18. The van der Waals surface area contributed by atoms with Crippen molar-refractivity contribution < 1.29 is 38.1 Å². The first kappa shape index (κ1) is 30.5. The van der Waals surface area contributed by atoms with Crippen molar-refractivity contribution in [1.29, 1.82) is 0 Å². The molecule has 0 aliphatic rings. The molecule has 8 heteroatoms. The van der Waals surface area contributed by atoms with Gasteiger partial charge < -0.3 is 18.9 Å². The van der Waals surface area contributed by atoms with E-state index in [1.54, 1.807) is 48.5 Å². The summed E-state index contributed by atoms with van der Waals surface area (Å²) in [5.41, 5.74) is 0.615. The lowest BCUT2D eigenvalue weighted by Crippen LogP contribution is -2.14. The molecule has 0 heterocycles. The predicted octanol–water partition coefficient (Wildman–Crippen LogP) is 5.76. The van der Waals surface area contributed by atoms with Gasteiger partial charge in [-0.25, -0.2) is 0 Å². The average Bonchev–Trinajstić information content (AvgIpc) is 2.91. The Hall–Kier alpha value is -3.68. The van der Waals surface area contributed by atoms with E-state index in [4.69, 9.17) is 18.9 Å². The van der Waals surface area contributed by atoms with Crippen molar-refractivity contribution in [2.24, 2.45) is 0 Å². The minimum Gasteiger partial charge on any atom is -0.494 e. The van der Waals surface area contributed by atoms with Crippen molar-refractivity contribution in [3.05, 3.63) is 59.7 Å². The molecule has 2 aromatic rings. The molecule has 0 saturated heterocycles. The van der Waals surface area contributed by atoms with Gasteiger partial charge in [0.2, 0.25) is 11.6 Å². The molecule has 0 saturated carbocycles. The number of benzene rings is 2. The molecule has 0 amide bonds. The molecular weight excluding hydrogens is 488 g/mol. The van der Waals surface area contributed by atoms with E-state index < -0.39 is 11.6 Å². The first-order chi connectivity index (χ1) is 18.4. The van der Waals surface area contributed by atoms with Crippen LogP contribution in [0.1, 0.15) is 85.9 Å². The molecule has 0 aromatic heterocycles. The Morgan fingerprint density at radius 3 is 1.11 bits per heavy atom. The topological polar surface area (TPSA) is 105 Å². The highest BCUT2D eigenvalue weighted by molar-refractivity contribution is 6.49. The van der Waals surface area contributed by atoms with E-state index in [-0.39, 0.29) is 11.9 Å². The number of ether oxygens (including phenoxy) is 4. The van der Waals surface area contributed by atoms with Gasteiger partial charge in [-0.2, -0.15) is 0 Å². The summed E-state index contributed by atoms with van der Waals surface area (Å²) >= 11 is 0. The van der Waals surface area contributed by atoms with Crippen molar-refractivity contribution in [3.63, 3.8) is 0 Å². The van der Waals surface area contributed by atoms with Crippen LogP contribution in [0.3, 0.4) is 0 Å². The van der Waals surface area contributed by atoms with Crippen LogP contribution in [0.15, 0.2) is 48.5 Å². The molecule has 38 heavy (non-hydrogen) atoms. The number of hydrogen-bond donors (Lipinski definition) is 0. The van der Waals surface area contributed by atoms with Gasteiger partial charge in [-0.1, -0.05) is 0 Å². The van der Waals surface area contributed by atoms with Crippen molar-refractivity contribution in [3.8, 4) is 11.5 Å². The molecule has 0 fully saturated rings. The molecule has 2 aromatic carbocycles. The molecule has 0 spiro atoms. The normalized spacial score (nSPS) is 10.5. The maximum atomic E-state index is 12.6. The van der Waals surface area contributed by atoms with E-state index in [2.05, 4.69) is 0 Å². The van der Waals surface area contributed by atoms with Gasteiger partial charge in [0.1, 0.15) is 11.5 Å². The summed E-state index contributed by atoms with van der Waals surface area (Å²) in [6, 6.07) is 13.1. The van der Waals surface area contributed by atoms with E-state index in [1.165, 1.54) is 13.8 Å². The summed E-state index contributed by atoms with van der Waals surface area (Å²) in [7, 11) is 0. The number of carbonyl (C=O) groups is 4. The lowest BCUT2D eigenvalue weighted by molar-refractivity contribution is -0.142. The SMILES string of the molecule is CC(=O)OCCCCCCOc1ccc(C(=O)C(=O)c2ccc(OCCCCCCOC(C)=O)cc2)cc1. The first-order valence-electron chi connectivity index (χ1n) is 13.2. The maximum absolute atomic E-state index is 12.6. The quantitative estimate of drug-likeness (QED) is 0.0985. The zero-order chi connectivity index (χ0) is 27.6. The summed E-state index contributed by atoms with van der Waals surface area (Å²) in [4.78, 5) is 46.7. The fourth-order valence-electron chi connectivity index (χ4n) is 3.59. The van der Waals surface area contributed by atoms with Crippen LogP contribution in [0.25, 0.3) is 0 Å². The van der Waals surface area contributed by atoms with Crippen LogP contribution in [-0.2, 0) is 19.1 Å². The largest absolute Gasteiger partial charge is 0.494 e. The summed E-state index contributed by atoms with van der Waals surface area (Å²) in [6.07, 6.45) is 7.26. The second kappa shape index (κ2) is 17.7. The van der Waals surface area contributed by atoms with Gasteiger partial charge >= 0.3 is 11.9 Å². The number of carbonyl (C=O) groups excluding carboxylic acids is 4. The second-order valence-corrected chi connectivity index (χ2v) is 8.91. The van der Waals surface area contributed by atoms with E-state index in [0.29, 0.717) is 49.1 Å².